The van der Waals surface area contributed by atoms with E-state index >= 15 is 0 Å². The molecule has 8 nitrogen and oxygen atoms in total. The topological polar surface area (TPSA) is 135 Å². The molecule has 0 aliphatic heterocycles. The Morgan fingerprint density at radius 2 is 1.89 bits per heavy atom. The van der Waals surface area contributed by atoms with E-state index in [1.165, 1.54) is 12.1 Å². The first kappa shape index (κ1) is 14.3. The zero-order valence-electron chi connectivity index (χ0n) is 9.48. The molecule has 0 fully saturated rings. The molecule has 1 aromatic rings. The second-order valence-electron chi connectivity index (χ2n) is 3.66. The lowest BCUT2D eigenvalue weighted by molar-refractivity contribution is -0.384. The van der Waals surface area contributed by atoms with E-state index in [-0.39, 0.29) is 11.3 Å². The van der Waals surface area contributed by atoms with Crippen LogP contribution in [0.25, 0.3) is 0 Å². The highest BCUT2D eigenvalue weighted by Gasteiger charge is 2.30. The third-order valence-corrected chi connectivity index (χ3v) is 2.33. The molecule has 0 saturated heterocycles. The first-order valence-corrected chi connectivity index (χ1v) is 5.06. The Labute approximate surface area is 106 Å². The van der Waals surface area contributed by atoms with Crippen molar-refractivity contribution in [3.63, 3.8) is 0 Å². The first-order valence-electron chi connectivity index (χ1n) is 5.06. The van der Waals surface area contributed by atoms with Crippen molar-refractivity contribution in [3.8, 4) is 0 Å². The number of nitro groups is 1. The molecule has 0 amide bonds. The van der Waals surface area contributed by atoms with Crippen LogP contribution in [0.2, 0.25) is 0 Å². The van der Waals surface area contributed by atoms with E-state index in [2.05, 4.69) is 0 Å². The fourth-order valence-electron chi connectivity index (χ4n) is 1.44. The van der Waals surface area contributed by atoms with Gasteiger partial charge in [0.2, 0.25) is 0 Å². The van der Waals surface area contributed by atoms with E-state index < -0.39 is 35.0 Å². The van der Waals surface area contributed by atoms with Crippen molar-refractivity contribution in [2.45, 2.75) is 6.42 Å². The molecule has 19 heavy (non-hydrogen) atoms. The summed E-state index contributed by atoms with van der Waals surface area (Å²) in [7, 11) is 0. The fraction of sp³-hybridized carbons (Fsp3) is 0.182. The fourth-order valence-corrected chi connectivity index (χ4v) is 1.44. The summed E-state index contributed by atoms with van der Waals surface area (Å²) in [5.41, 5.74) is -0.576. The smallest absolute Gasteiger partial charge is 0.315 e. The zero-order chi connectivity index (χ0) is 14.6. The monoisotopic (exact) mass is 267 g/mol. The predicted octanol–water partition coefficient (Wildman–Crippen LogP) is 0.953. The maximum absolute atomic E-state index is 11.8. The van der Waals surface area contributed by atoms with Gasteiger partial charge in [0, 0.05) is 17.7 Å². The van der Waals surface area contributed by atoms with Crippen molar-refractivity contribution < 1.29 is 29.5 Å². The van der Waals surface area contributed by atoms with E-state index in [4.69, 9.17) is 10.2 Å². The molecule has 0 spiro atoms. The van der Waals surface area contributed by atoms with Crippen molar-refractivity contribution in [1.29, 1.82) is 0 Å². The van der Waals surface area contributed by atoms with Crippen molar-refractivity contribution in [2.24, 2.45) is 5.92 Å². The molecular weight excluding hydrogens is 258 g/mol. The maximum atomic E-state index is 11.8. The molecule has 0 saturated carbocycles. The molecule has 0 aromatic heterocycles. The number of carboxylic acids is 2. The number of hydrogen-bond donors (Lipinski definition) is 2. The summed E-state index contributed by atoms with van der Waals surface area (Å²) in [5.74, 6) is -5.76. The number of Topliss-reactive ketones (excluding diaryl/α,β-unsaturated/α-hetero) is 1. The third-order valence-electron chi connectivity index (χ3n) is 2.33. The lowest BCUT2D eigenvalue weighted by atomic mass is 9.94. The molecule has 0 radical (unpaired) electrons. The van der Waals surface area contributed by atoms with Crippen LogP contribution in [-0.4, -0.2) is 32.9 Å². The lowest BCUT2D eigenvalue weighted by Gasteiger charge is -2.08. The Morgan fingerprint density at radius 1 is 1.26 bits per heavy atom. The van der Waals surface area contributed by atoms with Crippen LogP contribution in [0.3, 0.4) is 0 Å². The van der Waals surface area contributed by atoms with Gasteiger partial charge in [-0.25, -0.2) is 0 Å². The Morgan fingerprint density at radius 3 is 2.37 bits per heavy atom. The van der Waals surface area contributed by atoms with Crippen molar-refractivity contribution in [2.75, 3.05) is 0 Å². The number of ketones is 1. The normalized spacial score (nSPS) is 11.6. The van der Waals surface area contributed by atoms with E-state index in [0.29, 0.717) is 0 Å². The highest BCUT2D eigenvalue weighted by atomic mass is 16.6. The van der Waals surface area contributed by atoms with E-state index in [0.717, 1.165) is 12.1 Å². The van der Waals surface area contributed by atoms with Gasteiger partial charge >= 0.3 is 11.9 Å². The molecular formula is C11H9NO7. The number of aliphatic carboxylic acids is 2. The van der Waals surface area contributed by atoms with E-state index in [1.54, 1.807) is 0 Å². The second kappa shape index (κ2) is 5.71. The van der Waals surface area contributed by atoms with Crippen LogP contribution >= 0.6 is 0 Å². The molecule has 100 valence electrons. The largest absolute Gasteiger partial charge is 0.481 e. The molecule has 0 heterocycles. The SMILES string of the molecule is O=C(O)CC(C(=O)O)C(=O)c1cccc([N+](=O)[O-])c1. The van der Waals surface area contributed by atoms with Gasteiger partial charge in [-0.1, -0.05) is 12.1 Å². The van der Waals surface area contributed by atoms with Crippen molar-refractivity contribution >= 4 is 23.4 Å². The molecule has 1 rings (SSSR count). The molecule has 2 N–H and O–H groups in total. The summed E-state index contributed by atoms with van der Waals surface area (Å²) < 4.78 is 0. The highest BCUT2D eigenvalue weighted by Crippen LogP contribution is 2.18. The Kier molecular flexibility index (Phi) is 4.30. The van der Waals surface area contributed by atoms with Gasteiger partial charge < -0.3 is 10.2 Å². The summed E-state index contributed by atoms with van der Waals surface area (Å²) in [5, 5.41) is 27.9. The number of carboxylic acid groups (broad SMARTS) is 2. The molecule has 0 aliphatic rings. The molecule has 1 aromatic carbocycles. The summed E-state index contributed by atoms with van der Waals surface area (Å²) in [6, 6.07) is 4.49. The molecule has 0 bridgehead atoms. The molecule has 1 unspecified atom stereocenters. The summed E-state index contributed by atoms with van der Waals surface area (Å²) in [6.45, 7) is 0. The van der Waals surface area contributed by atoms with Crippen LogP contribution < -0.4 is 0 Å². The predicted molar refractivity (Wildman–Crippen MR) is 60.8 cm³/mol. The number of rotatable bonds is 6. The minimum atomic E-state index is -1.76. The minimum absolute atomic E-state index is 0.206. The van der Waals surface area contributed by atoms with Crippen LogP contribution in [0.5, 0.6) is 0 Å². The number of carbonyl (C=O) groups excluding carboxylic acids is 1. The van der Waals surface area contributed by atoms with Crippen LogP contribution in [0.15, 0.2) is 24.3 Å². The molecule has 0 aliphatic carbocycles. The van der Waals surface area contributed by atoms with Gasteiger partial charge in [-0.2, -0.15) is 0 Å². The number of hydrogen-bond acceptors (Lipinski definition) is 5. The van der Waals surface area contributed by atoms with Gasteiger partial charge in [0.25, 0.3) is 5.69 Å². The van der Waals surface area contributed by atoms with Crippen LogP contribution in [-0.2, 0) is 9.59 Å². The van der Waals surface area contributed by atoms with E-state index in [9.17, 15) is 24.5 Å². The average molecular weight is 267 g/mol. The van der Waals surface area contributed by atoms with Gasteiger partial charge in [-0.05, 0) is 0 Å². The quantitative estimate of drug-likeness (QED) is 0.339. The number of carbonyl (C=O) groups is 3. The highest BCUT2D eigenvalue weighted by molar-refractivity contribution is 6.09. The Bertz CT molecular complexity index is 552. The second-order valence-corrected chi connectivity index (χ2v) is 3.66. The number of nitro benzene ring substituents is 1. The molecule has 1 atom stereocenters. The van der Waals surface area contributed by atoms with Gasteiger partial charge in [0.1, 0.15) is 5.92 Å². The first-order chi connectivity index (χ1) is 8.82. The lowest BCUT2D eigenvalue weighted by Crippen LogP contribution is -2.26. The standard InChI is InChI=1S/C11H9NO7/c13-9(14)5-8(11(16)17)10(15)6-2-1-3-7(4-6)12(18)19/h1-4,8H,5H2,(H,13,14)(H,16,17). The minimum Gasteiger partial charge on any atom is -0.481 e. The average Bonchev–Trinajstić information content (AvgIpc) is 2.34. The summed E-state index contributed by atoms with van der Waals surface area (Å²) >= 11 is 0. The van der Waals surface area contributed by atoms with Crippen molar-refractivity contribution in [1.82, 2.24) is 0 Å². The Hall–Kier alpha value is -2.77. The zero-order valence-corrected chi connectivity index (χ0v) is 9.48. The number of benzene rings is 1. The van der Waals surface area contributed by atoms with Gasteiger partial charge in [0.15, 0.2) is 5.78 Å². The molecule has 8 heteroatoms. The van der Waals surface area contributed by atoms with Gasteiger partial charge in [-0.15, -0.1) is 0 Å². The van der Waals surface area contributed by atoms with Crippen molar-refractivity contribution in [3.05, 3.63) is 39.9 Å². The van der Waals surface area contributed by atoms with Gasteiger partial charge in [0.05, 0.1) is 11.3 Å². The number of non-ortho nitro benzene ring substituents is 1. The van der Waals surface area contributed by atoms with Crippen LogP contribution in [0, 0.1) is 16.0 Å². The van der Waals surface area contributed by atoms with Gasteiger partial charge in [-0.3, -0.25) is 24.5 Å². The summed E-state index contributed by atoms with van der Waals surface area (Å²) in [6.07, 6.45) is -0.878. The van der Waals surface area contributed by atoms with Crippen LogP contribution in [0.4, 0.5) is 5.69 Å². The van der Waals surface area contributed by atoms with Crippen LogP contribution in [0.1, 0.15) is 16.8 Å². The van der Waals surface area contributed by atoms with E-state index in [1.807, 2.05) is 0 Å². The third kappa shape index (κ3) is 3.60. The maximum Gasteiger partial charge on any atom is 0.315 e. The summed E-state index contributed by atoms with van der Waals surface area (Å²) in [4.78, 5) is 43.0. The number of nitrogens with zero attached hydrogens (tertiary/aromatic N) is 1. The Balaban J connectivity index is 3.09.